The number of carbonyl (C=O) groups excluding carboxylic acids is 1. The number of halogens is 1. The maximum atomic E-state index is 13.3. The number of rotatable bonds is 1. The van der Waals surface area contributed by atoms with Gasteiger partial charge in [-0.05, 0) is 25.1 Å². The standard InChI is InChI=1S/C12H12FN3O/c1-12(13)6-16(7-12)11(17)8-2-3-10-9(4-8)5-14-15-10/h2-5H,6-7H2,1H3,(H,14,15). The van der Waals surface area contributed by atoms with Gasteiger partial charge in [-0.3, -0.25) is 9.89 Å². The average molecular weight is 233 g/mol. The number of carbonyl (C=O) groups is 1. The lowest BCUT2D eigenvalue weighted by atomic mass is 9.97. The molecule has 1 aromatic carbocycles. The summed E-state index contributed by atoms with van der Waals surface area (Å²) in [6.45, 7) is 1.86. The first-order valence-electron chi connectivity index (χ1n) is 5.46. The van der Waals surface area contributed by atoms with Gasteiger partial charge in [-0.25, -0.2) is 4.39 Å². The fraction of sp³-hybridized carbons (Fsp3) is 0.333. The van der Waals surface area contributed by atoms with E-state index >= 15 is 0 Å². The number of hydrogen-bond donors (Lipinski definition) is 1. The Kier molecular flexibility index (Phi) is 1.98. The highest BCUT2D eigenvalue weighted by molar-refractivity contribution is 5.98. The minimum absolute atomic E-state index is 0.122. The third-order valence-electron chi connectivity index (χ3n) is 3.02. The smallest absolute Gasteiger partial charge is 0.254 e. The van der Waals surface area contributed by atoms with Crippen LogP contribution in [-0.2, 0) is 0 Å². The third-order valence-corrected chi connectivity index (χ3v) is 3.02. The second-order valence-electron chi connectivity index (χ2n) is 4.75. The minimum atomic E-state index is -1.23. The molecule has 88 valence electrons. The molecule has 17 heavy (non-hydrogen) atoms. The number of benzene rings is 1. The van der Waals surface area contributed by atoms with Crippen molar-refractivity contribution in [2.45, 2.75) is 12.6 Å². The number of alkyl halides is 1. The Morgan fingerprint density at radius 2 is 2.29 bits per heavy atom. The highest BCUT2D eigenvalue weighted by atomic mass is 19.1. The molecule has 0 saturated carbocycles. The Morgan fingerprint density at radius 1 is 1.53 bits per heavy atom. The van der Waals surface area contributed by atoms with Gasteiger partial charge < -0.3 is 4.90 Å². The molecule has 5 heteroatoms. The molecule has 1 amide bonds. The molecule has 3 rings (SSSR count). The lowest BCUT2D eigenvalue weighted by molar-refractivity contribution is -0.00784. The monoisotopic (exact) mass is 233 g/mol. The zero-order valence-corrected chi connectivity index (χ0v) is 9.40. The number of fused-ring (bicyclic) bond motifs is 1. The van der Waals surface area contributed by atoms with E-state index in [1.165, 1.54) is 11.8 Å². The van der Waals surface area contributed by atoms with Crippen molar-refractivity contribution in [3.63, 3.8) is 0 Å². The van der Waals surface area contributed by atoms with E-state index < -0.39 is 5.67 Å². The van der Waals surface area contributed by atoms with E-state index in [1.54, 1.807) is 18.3 Å². The van der Waals surface area contributed by atoms with E-state index in [1.807, 2.05) is 6.07 Å². The summed E-state index contributed by atoms with van der Waals surface area (Å²) < 4.78 is 13.3. The van der Waals surface area contributed by atoms with Gasteiger partial charge in [0.05, 0.1) is 24.8 Å². The lowest BCUT2D eigenvalue weighted by Crippen LogP contribution is -2.59. The van der Waals surface area contributed by atoms with Gasteiger partial charge in [-0.1, -0.05) is 0 Å². The number of nitrogens with one attached hydrogen (secondary N) is 1. The number of aromatic amines is 1. The second-order valence-corrected chi connectivity index (χ2v) is 4.75. The first-order valence-corrected chi connectivity index (χ1v) is 5.46. The van der Waals surface area contributed by atoms with Gasteiger partial charge in [-0.15, -0.1) is 0 Å². The lowest BCUT2D eigenvalue weighted by Gasteiger charge is -2.42. The molecule has 0 bridgehead atoms. The van der Waals surface area contributed by atoms with Crippen molar-refractivity contribution in [1.82, 2.24) is 15.1 Å². The number of amides is 1. The number of H-pyrrole nitrogens is 1. The first kappa shape index (κ1) is 10.3. The van der Waals surface area contributed by atoms with Crippen LogP contribution in [0.1, 0.15) is 17.3 Å². The number of nitrogens with zero attached hydrogens (tertiary/aromatic N) is 2. The molecule has 1 fully saturated rings. The molecule has 1 saturated heterocycles. The maximum absolute atomic E-state index is 13.3. The fourth-order valence-electron chi connectivity index (χ4n) is 2.15. The normalized spacial score (nSPS) is 18.1. The fourth-order valence-corrected chi connectivity index (χ4v) is 2.15. The van der Waals surface area contributed by atoms with Crippen LogP contribution in [-0.4, -0.2) is 39.8 Å². The van der Waals surface area contributed by atoms with Gasteiger partial charge in [0.2, 0.25) is 0 Å². The Bertz CT molecular complexity index is 582. The second kappa shape index (κ2) is 3.29. The Hall–Kier alpha value is -1.91. The molecule has 2 aromatic rings. The van der Waals surface area contributed by atoms with Crippen molar-refractivity contribution < 1.29 is 9.18 Å². The molecule has 4 nitrogen and oxygen atoms in total. The average Bonchev–Trinajstić information content (AvgIpc) is 2.71. The van der Waals surface area contributed by atoms with Crippen LogP contribution >= 0.6 is 0 Å². The summed E-state index contributed by atoms with van der Waals surface area (Å²) in [5.74, 6) is -0.122. The third kappa shape index (κ3) is 1.67. The minimum Gasteiger partial charge on any atom is -0.332 e. The molecule has 0 spiro atoms. The SMILES string of the molecule is CC1(F)CN(C(=O)c2ccc3[nH]ncc3c2)C1. The molecular formula is C12H12FN3O. The van der Waals surface area contributed by atoms with Crippen LogP contribution in [0.4, 0.5) is 4.39 Å². The Morgan fingerprint density at radius 3 is 3.00 bits per heavy atom. The van der Waals surface area contributed by atoms with Crippen molar-refractivity contribution in [3.8, 4) is 0 Å². The van der Waals surface area contributed by atoms with Crippen LogP contribution in [0.5, 0.6) is 0 Å². The molecule has 0 atom stereocenters. The van der Waals surface area contributed by atoms with Crippen LogP contribution < -0.4 is 0 Å². The molecule has 2 heterocycles. The predicted octanol–water partition coefficient (Wildman–Crippen LogP) is 1.75. The summed E-state index contributed by atoms with van der Waals surface area (Å²) >= 11 is 0. The van der Waals surface area contributed by atoms with Gasteiger partial charge in [0, 0.05) is 10.9 Å². The van der Waals surface area contributed by atoms with Crippen LogP contribution in [0.3, 0.4) is 0 Å². The van der Waals surface area contributed by atoms with Gasteiger partial charge in [-0.2, -0.15) is 5.10 Å². The molecule has 1 N–H and O–H groups in total. The van der Waals surface area contributed by atoms with E-state index in [9.17, 15) is 9.18 Å². The van der Waals surface area contributed by atoms with Gasteiger partial charge in [0.25, 0.3) is 5.91 Å². The van der Waals surface area contributed by atoms with Crippen LogP contribution in [0.2, 0.25) is 0 Å². The van der Waals surface area contributed by atoms with E-state index in [2.05, 4.69) is 10.2 Å². The van der Waals surface area contributed by atoms with Crippen LogP contribution in [0.25, 0.3) is 10.9 Å². The number of likely N-dealkylation sites (tertiary alicyclic amines) is 1. The van der Waals surface area contributed by atoms with Crippen molar-refractivity contribution in [1.29, 1.82) is 0 Å². The molecule has 1 aliphatic rings. The van der Waals surface area contributed by atoms with Gasteiger partial charge in [0.15, 0.2) is 0 Å². The maximum Gasteiger partial charge on any atom is 0.254 e. The van der Waals surface area contributed by atoms with Crippen molar-refractivity contribution in [3.05, 3.63) is 30.0 Å². The summed E-state index contributed by atoms with van der Waals surface area (Å²) in [7, 11) is 0. The number of aromatic nitrogens is 2. The Labute approximate surface area is 97.4 Å². The van der Waals surface area contributed by atoms with Crippen LogP contribution in [0.15, 0.2) is 24.4 Å². The quantitative estimate of drug-likeness (QED) is 0.815. The topological polar surface area (TPSA) is 49.0 Å². The zero-order chi connectivity index (χ0) is 12.0. The van der Waals surface area contributed by atoms with Crippen molar-refractivity contribution >= 4 is 16.8 Å². The Balaban J connectivity index is 1.86. The van der Waals surface area contributed by atoms with E-state index in [0.29, 0.717) is 5.56 Å². The highest BCUT2D eigenvalue weighted by Crippen LogP contribution is 2.26. The predicted molar refractivity (Wildman–Crippen MR) is 61.5 cm³/mol. The molecule has 0 radical (unpaired) electrons. The van der Waals surface area contributed by atoms with Gasteiger partial charge in [0.1, 0.15) is 5.67 Å². The largest absolute Gasteiger partial charge is 0.332 e. The highest BCUT2D eigenvalue weighted by Gasteiger charge is 2.41. The first-order chi connectivity index (χ1) is 8.05. The zero-order valence-electron chi connectivity index (χ0n) is 9.40. The van der Waals surface area contributed by atoms with Gasteiger partial charge >= 0.3 is 0 Å². The van der Waals surface area contributed by atoms with E-state index in [0.717, 1.165) is 10.9 Å². The summed E-state index contributed by atoms with van der Waals surface area (Å²) in [5, 5.41) is 7.60. The molecule has 1 aliphatic heterocycles. The summed E-state index contributed by atoms with van der Waals surface area (Å²) in [4.78, 5) is 13.5. The molecule has 1 aromatic heterocycles. The van der Waals surface area contributed by atoms with Crippen LogP contribution in [0, 0.1) is 0 Å². The van der Waals surface area contributed by atoms with E-state index in [-0.39, 0.29) is 19.0 Å². The summed E-state index contributed by atoms with van der Waals surface area (Å²) in [5.41, 5.74) is 0.241. The van der Waals surface area contributed by atoms with Crippen molar-refractivity contribution in [2.24, 2.45) is 0 Å². The van der Waals surface area contributed by atoms with E-state index in [4.69, 9.17) is 0 Å². The molecule has 0 aliphatic carbocycles. The molecule has 0 unspecified atom stereocenters. The molecular weight excluding hydrogens is 221 g/mol. The van der Waals surface area contributed by atoms with Crippen molar-refractivity contribution in [2.75, 3.05) is 13.1 Å². The number of hydrogen-bond acceptors (Lipinski definition) is 2. The summed E-state index contributed by atoms with van der Waals surface area (Å²) in [6.07, 6.45) is 1.67. The summed E-state index contributed by atoms with van der Waals surface area (Å²) in [6, 6.07) is 5.32.